The Morgan fingerprint density at radius 2 is 1.61 bits per heavy atom. The van der Waals surface area contributed by atoms with Crippen molar-refractivity contribution in [2.45, 2.75) is 18.7 Å². The topological polar surface area (TPSA) is 126 Å². The largest absolute Gasteiger partial charge is 0.383 e. The van der Waals surface area contributed by atoms with Gasteiger partial charge in [-0.1, -0.05) is 0 Å². The van der Waals surface area contributed by atoms with Crippen molar-refractivity contribution < 1.29 is 27.5 Å². The Balaban J connectivity index is 2.15. The van der Waals surface area contributed by atoms with E-state index in [0.29, 0.717) is 10.7 Å². The van der Waals surface area contributed by atoms with E-state index < -0.39 is 21.8 Å². The summed E-state index contributed by atoms with van der Waals surface area (Å²) in [4.78, 5) is 25.0. The number of hydrogen-bond donors (Lipinski definition) is 2. The van der Waals surface area contributed by atoms with Gasteiger partial charge in [-0.2, -0.15) is 9.41 Å². The molecule has 0 aliphatic rings. The molecule has 1 aromatic heterocycles. The Morgan fingerprint density at radius 1 is 1.00 bits per heavy atom. The molecule has 180 valence electrons. The number of ether oxygens (including phenoxy) is 2. The lowest BCUT2D eigenvalue weighted by molar-refractivity contribution is 0.0956. The molecule has 0 saturated carbocycles. The molecule has 0 aliphatic carbocycles. The molecule has 1 aromatic carbocycles. The minimum atomic E-state index is -3.79. The van der Waals surface area contributed by atoms with Crippen LogP contribution in [-0.4, -0.2) is 70.8 Å². The number of amides is 2. The fraction of sp³-hybridized carbons (Fsp3) is 0.381. The van der Waals surface area contributed by atoms with Crippen LogP contribution >= 0.6 is 11.3 Å². The number of nitrogens with zero attached hydrogens (tertiary/aromatic N) is 2. The molecule has 0 atom stereocenters. The van der Waals surface area contributed by atoms with Crippen LogP contribution in [0, 0.1) is 0 Å². The molecule has 10 nitrogen and oxygen atoms in total. The molecule has 2 rings (SSSR count). The van der Waals surface area contributed by atoms with Crippen molar-refractivity contribution in [1.82, 2.24) is 9.73 Å². The predicted molar refractivity (Wildman–Crippen MR) is 127 cm³/mol. The first-order valence-electron chi connectivity index (χ1n) is 9.98. The molecule has 0 fully saturated rings. The van der Waals surface area contributed by atoms with E-state index in [0.717, 1.165) is 0 Å². The smallest absolute Gasteiger partial charge is 0.274 e. The molecule has 33 heavy (non-hydrogen) atoms. The molecule has 1 heterocycles. The number of sulfonamides is 1. The summed E-state index contributed by atoms with van der Waals surface area (Å²) >= 11 is 1.19. The number of rotatable bonds is 12. The summed E-state index contributed by atoms with van der Waals surface area (Å²) in [5, 5.41) is 8.61. The standard InChI is InChI=1S/C21H28N4O6S2/c1-15(2)23-24-20(27)18-9-14-32-21(18)22-19(26)16-5-7-17(8-6-16)33(28,29)25(10-12-30-3)11-13-31-4/h5-9,14H,10-13H2,1-4H3,(H,22,26)(H,24,27). The monoisotopic (exact) mass is 496 g/mol. The minimum absolute atomic E-state index is 0.0512. The number of carbonyl (C=O) groups excluding carboxylic acids is 2. The van der Waals surface area contributed by atoms with Crippen LogP contribution in [0.4, 0.5) is 5.00 Å². The molecule has 0 aliphatic heterocycles. The highest BCUT2D eigenvalue weighted by atomic mass is 32.2. The molecule has 0 radical (unpaired) electrons. The average molecular weight is 497 g/mol. The van der Waals surface area contributed by atoms with Gasteiger partial charge in [-0.25, -0.2) is 13.8 Å². The van der Waals surface area contributed by atoms with Crippen LogP contribution in [-0.2, 0) is 19.5 Å². The van der Waals surface area contributed by atoms with E-state index in [9.17, 15) is 18.0 Å². The third-order valence-corrected chi connectivity index (χ3v) is 7.10. The highest BCUT2D eigenvalue weighted by Crippen LogP contribution is 2.24. The predicted octanol–water partition coefficient (Wildman–Crippen LogP) is 2.41. The van der Waals surface area contributed by atoms with E-state index >= 15 is 0 Å². The van der Waals surface area contributed by atoms with Crippen LogP contribution in [0.15, 0.2) is 45.7 Å². The number of hydrazone groups is 1. The first-order valence-corrected chi connectivity index (χ1v) is 12.3. The third-order valence-electron chi connectivity index (χ3n) is 4.36. The van der Waals surface area contributed by atoms with Gasteiger partial charge in [0.1, 0.15) is 5.00 Å². The van der Waals surface area contributed by atoms with Crippen molar-refractivity contribution in [2.24, 2.45) is 5.10 Å². The van der Waals surface area contributed by atoms with Gasteiger partial charge in [-0.05, 0) is 49.6 Å². The third kappa shape index (κ3) is 7.44. The van der Waals surface area contributed by atoms with E-state index in [-0.39, 0.29) is 42.3 Å². The summed E-state index contributed by atoms with van der Waals surface area (Å²) < 4.78 is 37.2. The van der Waals surface area contributed by atoms with Gasteiger partial charge >= 0.3 is 0 Å². The van der Waals surface area contributed by atoms with Crippen LogP contribution in [0.3, 0.4) is 0 Å². The van der Waals surface area contributed by atoms with Gasteiger partial charge in [0, 0.05) is 38.6 Å². The summed E-state index contributed by atoms with van der Waals surface area (Å²) in [6, 6.07) is 7.17. The fourth-order valence-electron chi connectivity index (χ4n) is 2.65. The van der Waals surface area contributed by atoms with Crippen LogP contribution in [0.1, 0.15) is 34.6 Å². The summed E-state index contributed by atoms with van der Waals surface area (Å²) in [5.74, 6) is -0.914. The quantitative estimate of drug-likeness (QED) is 0.343. The first kappa shape index (κ1) is 26.6. The molecular formula is C21H28N4O6S2. The Labute approximate surface area is 197 Å². The molecule has 12 heteroatoms. The van der Waals surface area contributed by atoms with Gasteiger partial charge < -0.3 is 14.8 Å². The second-order valence-electron chi connectivity index (χ2n) is 7.03. The van der Waals surface area contributed by atoms with Crippen molar-refractivity contribution >= 4 is 43.9 Å². The van der Waals surface area contributed by atoms with Crippen LogP contribution in [0.25, 0.3) is 0 Å². The van der Waals surface area contributed by atoms with E-state index in [4.69, 9.17) is 9.47 Å². The summed E-state index contributed by atoms with van der Waals surface area (Å²) in [6.45, 7) is 4.32. The number of carbonyl (C=O) groups is 2. The number of hydrogen-bond acceptors (Lipinski definition) is 8. The van der Waals surface area contributed by atoms with Crippen LogP contribution in [0.5, 0.6) is 0 Å². The molecule has 2 aromatic rings. The van der Waals surface area contributed by atoms with Gasteiger partial charge in [0.15, 0.2) is 0 Å². The number of thiophene rings is 1. The van der Waals surface area contributed by atoms with Gasteiger partial charge in [0.2, 0.25) is 10.0 Å². The zero-order valence-electron chi connectivity index (χ0n) is 19.0. The number of nitrogens with one attached hydrogen (secondary N) is 2. The van der Waals surface area contributed by atoms with E-state index in [1.54, 1.807) is 25.3 Å². The van der Waals surface area contributed by atoms with Crippen molar-refractivity contribution in [3.63, 3.8) is 0 Å². The molecule has 0 spiro atoms. The van der Waals surface area contributed by atoms with E-state index in [2.05, 4.69) is 15.8 Å². The summed E-state index contributed by atoms with van der Waals surface area (Å²) in [6.07, 6.45) is 0. The van der Waals surface area contributed by atoms with Gasteiger partial charge in [-0.3, -0.25) is 9.59 Å². The first-order chi connectivity index (χ1) is 15.7. The van der Waals surface area contributed by atoms with Crippen LogP contribution in [0.2, 0.25) is 0 Å². The number of benzene rings is 1. The second-order valence-corrected chi connectivity index (χ2v) is 9.89. The molecular weight excluding hydrogens is 468 g/mol. The SMILES string of the molecule is COCCN(CCOC)S(=O)(=O)c1ccc(C(=O)Nc2sccc2C(=O)NN=C(C)C)cc1. The highest BCUT2D eigenvalue weighted by Gasteiger charge is 2.24. The maximum atomic E-state index is 13.0. The zero-order valence-corrected chi connectivity index (χ0v) is 20.6. The Bertz CT molecular complexity index is 1070. The van der Waals surface area contributed by atoms with Gasteiger partial charge in [0.05, 0.1) is 23.7 Å². The van der Waals surface area contributed by atoms with Gasteiger partial charge in [0.25, 0.3) is 11.8 Å². The second kappa shape index (κ2) is 12.6. The maximum Gasteiger partial charge on any atom is 0.274 e. The maximum absolute atomic E-state index is 13.0. The molecule has 0 unspecified atom stereocenters. The van der Waals surface area contributed by atoms with Crippen molar-refractivity contribution in [3.05, 3.63) is 46.8 Å². The minimum Gasteiger partial charge on any atom is -0.383 e. The lowest BCUT2D eigenvalue weighted by atomic mass is 10.2. The van der Waals surface area contributed by atoms with Crippen molar-refractivity contribution in [2.75, 3.05) is 45.8 Å². The zero-order chi connectivity index (χ0) is 24.4. The summed E-state index contributed by atoms with van der Waals surface area (Å²) in [7, 11) is -0.800. The summed E-state index contributed by atoms with van der Waals surface area (Å²) in [5.41, 5.74) is 3.63. The lowest BCUT2D eigenvalue weighted by Crippen LogP contribution is -2.36. The molecule has 0 bridgehead atoms. The average Bonchev–Trinajstić information content (AvgIpc) is 3.25. The van der Waals surface area contributed by atoms with Crippen molar-refractivity contribution in [3.8, 4) is 0 Å². The number of methoxy groups -OCH3 is 2. The highest BCUT2D eigenvalue weighted by molar-refractivity contribution is 7.89. The van der Waals surface area contributed by atoms with Gasteiger partial charge in [-0.15, -0.1) is 11.3 Å². The fourth-order valence-corrected chi connectivity index (χ4v) is 4.84. The van der Waals surface area contributed by atoms with E-state index in [1.165, 1.54) is 54.1 Å². The molecule has 2 N–H and O–H groups in total. The molecule has 0 saturated heterocycles. The Morgan fingerprint density at radius 3 is 2.15 bits per heavy atom. The van der Waals surface area contributed by atoms with Crippen molar-refractivity contribution in [1.29, 1.82) is 0 Å². The van der Waals surface area contributed by atoms with E-state index in [1.807, 2.05) is 0 Å². The Hall–Kier alpha value is -2.64. The lowest BCUT2D eigenvalue weighted by Gasteiger charge is -2.21. The number of anilines is 1. The normalized spacial score (nSPS) is 11.3. The van der Waals surface area contributed by atoms with Crippen LogP contribution < -0.4 is 10.7 Å². The molecule has 2 amide bonds. The Kier molecular flexibility index (Phi) is 10.1.